The first kappa shape index (κ1) is 27.5. The molecule has 1 aliphatic heterocycles. The highest BCUT2D eigenvalue weighted by Gasteiger charge is 2.44. The van der Waals surface area contributed by atoms with Crippen LogP contribution in [0, 0.1) is 17.3 Å². The molecule has 198 valence electrons. The first-order valence-electron chi connectivity index (χ1n) is 12.1. The lowest BCUT2D eigenvalue weighted by Gasteiger charge is -2.41. The van der Waals surface area contributed by atoms with Gasteiger partial charge in [0.15, 0.2) is 0 Å². The van der Waals surface area contributed by atoms with Gasteiger partial charge in [-0.05, 0) is 42.2 Å². The van der Waals surface area contributed by atoms with Gasteiger partial charge in [-0.2, -0.15) is 13.2 Å². The lowest BCUT2D eigenvalue weighted by atomic mass is 9.82. The van der Waals surface area contributed by atoms with E-state index in [0.717, 1.165) is 6.42 Å². The molecule has 0 saturated carbocycles. The maximum atomic E-state index is 13.4. The lowest BCUT2D eigenvalue weighted by molar-refractivity contribution is -0.175. The van der Waals surface area contributed by atoms with E-state index in [2.05, 4.69) is 24.1 Å². The summed E-state index contributed by atoms with van der Waals surface area (Å²) in [6.45, 7) is 9.57. The first-order chi connectivity index (χ1) is 16.7. The lowest BCUT2D eigenvalue weighted by Crippen LogP contribution is -2.61. The Kier molecular flexibility index (Phi) is 8.00. The molecule has 2 aromatic heterocycles. The minimum Gasteiger partial charge on any atom is -0.350 e. The van der Waals surface area contributed by atoms with Gasteiger partial charge in [-0.25, -0.2) is 4.98 Å². The van der Waals surface area contributed by atoms with Crippen LogP contribution in [0.1, 0.15) is 57.8 Å². The molecule has 11 heteroatoms. The Bertz CT molecular complexity index is 1110. The fourth-order valence-corrected chi connectivity index (χ4v) is 4.69. The number of amides is 3. The molecule has 2 aromatic rings. The average molecular weight is 510 g/mol. The van der Waals surface area contributed by atoms with E-state index >= 15 is 0 Å². The van der Waals surface area contributed by atoms with Crippen LogP contribution in [0.4, 0.5) is 13.2 Å². The molecule has 0 aliphatic carbocycles. The predicted molar refractivity (Wildman–Crippen MR) is 128 cm³/mol. The number of hydrogen-bond acceptors (Lipinski definition) is 4. The Hall–Kier alpha value is -3.11. The molecule has 0 spiro atoms. The van der Waals surface area contributed by atoms with Crippen molar-refractivity contribution >= 4 is 23.2 Å². The van der Waals surface area contributed by atoms with Crippen molar-refractivity contribution in [3.05, 3.63) is 36.4 Å². The highest BCUT2D eigenvalue weighted by molar-refractivity contribution is 6.00. The van der Waals surface area contributed by atoms with Crippen molar-refractivity contribution in [2.45, 2.75) is 65.7 Å². The molecule has 3 heterocycles. The number of carbonyl (C=O) groups is 3. The zero-order valence-corrected chi connectivity index (χ0v) is 21.2. The van der Waals surface area contributed by atoms with Gasteiger partial charge in [0.05, 0.1) is 23.6 Å². The van der Waals surface area contributed by atoms with Crippen LogP contribution in [0.15, 0.2) is 30.9 Å². The quantitative estimate of drug-likeness (QED) is 0.624. The number of alkyl halides is 3. The average Bonchev–Trinajstić information content (AvgIpc) is 3.25. The van der Waals surface area contributed by atoms with Crippen molar-refractivity contribution in [2.24, 2.45) is 17.3 Å². The summed E-state index contributed by atoms with van der Waals surface area (Å²) in [5.41, 5.74) is 0.169. The van der Waals surface area contributed by atoms with E-state index in [0.29, 0.717) is 30.0 Å². The second-order valence-corrected chi connectivity index (χ2v) is 10.9. The summed E-state index contributed by atoms with van der Waals surface area (Å²) in [4.78, 5) is 44.0. The van der Waals surface area contributed by atoms with Crippen LogP contribution in [0.3, 0.4) is 0 Å². The largest absolute Gasteiger partial charge is 0.471 e. The summed E-state index contributed by atoms with van der Waals surface area (Å²) < 4.78 is 40.5. The molecule has 1 fully saturated rings. The molecule has 1 saturated heterocycles. The molecule has 3 amide bonds. The number of carbonyl (C=O) groups excluding carboxylic acids is 3. The van der Waals surface area contributed by atoms with Crippen LogP contribution in [-0.2, 0) is 9.59 Å². The van der Waals surface area contributed by atoms with E-state index in [-0.39, 0.29) is 18.4 Å². The SMILES string of the molecule is CC(C)C[C@@H]1CCN(C(=O)c2cccn3cncc23)C[C@H]1NC(=O)[C@@H](NC(=O)C(F)(F)F)C(C)(C)C. The van der Waals surface area contributed by atoms with E-state index in [1.807, 2.05) is 5.32 Å². The molecule has 0 radical (unpaired) electrons. The summed E-state index contributed by atoms with van der Waals surface area (Å²) in [6, 6.07) is 1.59. The van der Waals surface area contributed by atoms with Crippen LogP contribution >= 0.6 is 0 Å². The summed E-state index contributed by atoms with van der Waals surface area (Å²) in [5, 5.41) is 4.73. The fraction of sp³-hybridized carbons (Fsp3) is 0.600. The van der Waals surface area contributed by atoms with Crippen LogP contribution in [0.5, 0.6) is 0 Å². The van der Waals surface area contributed by atoms with E-state index in [9.17, 15) is 27.6 Å². The number of aromatic nitrogens is 2. The number of piperidine rings is 1. The monoisotopic (exact) mass is 509 g/mol. The van der Waals surface area contributed by atoms with Gasteiger partial charge in [-0.3, -0.25) is 14.4 Å². The number of rotatable bonds is 6. The van der Waals surface area contributed by atoms with Crippen molar-refractivity contribution in [1.29, 1.82) is 0 Å². The van der Waals surface area contributed by atoms with Gasteiger partial charge in [-0.1, -0.05) is 34.6 Å². The normalized spacial score (nSPS) is 19.9. The summed E-state index contributed by atoms with van der Waals surface area (Å²) >= 11 is 0. The van der Waals surface area contributed by atoms with Gasteiger partial charge < -0.3 is 19.9 Å². The van der Waals surface area contributed by atoms with Gasteiger partial charge in [0.1, 0.15) is 6.04 Å². The number of imidazole rings is 1. The highest BCUT2D eigenvalue weighted by Crippen LogP contribution is 2.28. The molecule has 36 heavy (non-hydrogen) atoms. The molecule has 0 aromatic carbocycles. The Labute approximate surface area is 208 Å². The Morgan fingerprint density at radius 2 is 1.89 bits per heavy atom. The predicted octanol–water partition coefficient (Wildman–Crippen LogP) is 3.42. The Morgan fingerprint density at radius 1 is 1.19 bits per heavy atom. The van der Waals surface area contributed by atoms with Gasteiger partial charge in [-0.15, -0.1) is 0 Å². The second-order valence-electron chi connectivity index (χ2n) is 10.9. The summed E-state index contributed by atoms with van der Waals surface area (Å²) in [6.07, 6.45) is 1.30. The summed E-state index contributed by atoms with van der Waals surface area (Å²) in [7, 11) is 0. The number of fused-ring (bicyclic) bond motifs is 1. The van der Waals surface area contributed by atoms with Crippen LogP contribution in [0.25, 0.3) is 5.52 Å². The van der Waals surface area contributed by atoms with E-state index < -0.39 is 35.5 Å². The minimum atomic E-state index is -5.10. The second kappa shape index (κ2) is 10.5. The molecular formula is C25H34F3N5O3. The number of nitrogens with zero attached hydrogens (tertiary/aromatic N) is 3. The highest BCUT2D eigenvalue weighted by atomic mass is 19.4. The molecule has 0 bridgehead atoms. The van der Waals surface area contributed by atoms with Gasteiger partial charge in [0.2, 0.25) is 5.91 Å². The zero-order valence-electron chi connectivity index (χ0n) is 21.2. The maximum absolute atomic E-state index is 13.4. The van der Waals surface area contributed by atoms with E-state index in [4.69, 9.17) is 0 Å². The summed E-state index contributed by atoms with van der Waals surface area (Å²) in [5.74, 6) is -2.72. The van der Waals surface area contributed by atoms with Crippen LogP contribution < -0.4 is 10.6 Å². The van der Waals surface area contributed by atoms with Crippen molar-refractivity contribution in [1.82, 2.24) is 24.9 Å². The third-order valence-electron chi connectivity index (χ3n) is 6.49. The smallest absolute Gasteiger partial charge is 0.350 e. The third-order valence-corrected chi connectivity index (χ3v) is 6.49. The number of halogens is 3. The molecule has 8 nitrogen and oxygen atoms in total. The van der Waals surface area contributed by atoms with E-state index in [1.54, 1.807) is 60.9 Å². The number of pyridine rings is 1. The third kappa shape index (κ3) is 6.36. The topological polar surface area (TPSA) is 95.8 Å². The maximum Gasteiger partial charge on any atom is 0.471 e. The van der Waals surface area contributed by atoms with Gasteiger partial charge >= 0.3 is 12.1 Å². The molecule has 2 N–H and O–H groups in total. The van der Waals surface area contributed by atoms with Crippen molar-refractivity contribution in [2.75, 3.05) is 13.1 Å². The Morgan fingerprint density at radius 3 is 2.50 bits per heavy atom. The van der Waals surface area contributed by atoms with Gasteiger partial charge in [0, 0.05) is 25.3 Å². The van der Waals surface area contributed by atoms with Crippen molar-refractivity contribution in [3.8, 4) is 0 Å². The standard InChI is InChI=1S/C25H34F3N5O3/c1-15(2)11-16-8-10-32(22(35)17-7-6-9-33-14-29-12-19(17)33)13-18(16)30-21(34)20(24(3,4)5)31-23(36)25(26,27)28/h6-7,9,12,14-16,18,20H,8,10-11,13H2,1-5H3,(H,30,34)(H,31,36)/t16-,18+,20+/m0/s1. The molecular weight excluding hydrogens is 475 g/mol. The molecule has 3 rings (SSSR count). The number of hydrogen-bond donors (Lipinski definition) is 2. The first-order valence-corrected chi connectivity index (χ1v) is 12.1. The van der Waals surface area contributed by atoms with Gasteiger partial charge in [0.25, 0.3) is 5.91 Å². The Balaban J connectivity index is 1.82. The van der Waals surface area contributed by atoms with E-state index in [1.165, 1.54) is 0 Å². The fourth-order valence-electron chi connectivity index (χ4n) is 4.69. The van der Waals surface area contributed by atoms with Crippen LogP contribution in [0.2, 0.25) is 0 Å². The minimum absolute atomic E-state index is 0.0303. The number of nitrogens with one attached hydrogen (secondary N) is 2. The number of likely N-dealkylation sites (tertiary alicyclic amines) is 1. The zero-order chi connectivity index (χ0) is 26.8. The van der Waals surface area contributed by atoms with Crippen molar-refractivity contribution < 1.29 is 27.6 Å². The molecule has 1 aliphatic rings. The van der Waals surface area contributed by atoms with Crippen LogP contribution in [-0.4, -0.2) is 63.4 Å². The van der Waals surface area contributed by atoms with Crippen molar-refractivity contribution in [3.63, 3.8) is 0 Å². The molecule has 0 unspecified atom stereocenters. The molecule has 3 atom stereocenters.